The SMILES string of the molecule is CCCCCCCC(CCCC(C)C)C1CC=CC1C1CCC(C2CCCCC2)CC2CC(C(C)N(C)C)C2C1. The smallest absolute Gasteiger partial charge is 0.00919 e. The van der Waals surface area contributed by atoms with E-state index in [0.29, 0.717) is 0 Å². The van der Waals surface area contributed by atoms with E-state index in [1.165, 1.54) is 96.3 Å². The molecular formula is C39H71N. The van der Waals surface area contributed by atoms with Gasteiger partial charge in [-0.2, -0.15) is 0 Å². The van der Waals surface area contributed by atoms with Crippen LogP contribution in [0.15, 0.2) is 12.2 Å². The number of fused-ring (bicyclic) bond motifs is 1. The molecule has 3 fully saturated rings. The molecule has 4 aliphatic rings. The molecule has 232 valence electrons. The first-order valence-corrected chi connectivity index (χ1v) is 18.7. The van der Waals surface area contributed by atoms with E-state index >= 15 is 0 Å². The van der Waals surface area contributed by atoms with Crippen molar-refractivity contribution in [1.82, 2.24) is 4.90 Å². The summed E-state index contributed by atoms with van der Waals surface area (Å²) in [5, 5.41) is 0. The second-order valence-electron chi connectivity index (χ2n) is 16.2. The van der Waals surface area contributed by atoms with Gasteiger partial charge in [0.05, 0.1) is 0 Å². The number of nitrogens with zero attached hydrogens (tertiary/aromatic N) is 1. The second-order valence-corrected chi connectivity index (χ2v) is 16.2. The molecule has 4 rings (SSSR count). The maximum absolute atomic E-state index is 2.77. The summed E-state index contributed by atoms with van der Waals surface area (Å²) in [6.45, 7) is 9.75. The quantitative estimate of drug-likeness (QED) is 0.144. The largest absolute Gasteiger partial charge is 0.306 e. The average molecular weight is 554 g/mol. The number of unbranched alkanes of at least 4 members (excludes halogenated alkanes) is 4. The second kappa shape index (κ2) is 16.5. The molecule has 0 aliphatic heterocycles. The van der Waals surface area contributed by atoms with E-state index in [2.05, 4.69) is 58.8 Å². The lowest BCUT2D eigenvalue weighted by molar-refractivity contribution is -0.0414. The lowest BCUT2D eigenvalue weighted by Gasteiger charge is -2.54. The fourth-order valence-corrected chi connectivity index (χ4v) is 10.3. The predicted molar refractivity (Wildman–Crippen MR) is 177 cm³/mol. The lowest BCUT2D eigenvalue weighted by atomic mass is 9.53. The Morgan fingerprint density at radius 1 is 0.675 bits per heavy atom. The molecule has 0 spiro atoms. The molecule has 0 aromatic heterocycles. The number of rotatable bonds is 15. The van der Waals surface area contributed by atoms with E-state index in [1.54, 1.807) is 32.1 Å². The van der Waals surface area contributed by atoms with Gasteiger partial charge in [-0.05, 0) is 119 Å². The molecule has 9 unspecified atom stereocenters. The third-order valence-corrected chi connectivity index (χ3v) is 13.0. The van der Waals surface area contributed by atoms with Crippen LogP contribution in [0.25, 0.3) is 0 Å². The Morgan fingerprint density at radius 3 is 2.12 bits per heavy atom. The van der Waals surface area contributed by atoms with E-state index in [0.717, 1.165) is 65.2 Å². The van der Waals surface area contributed by atoms with Gasteiger partial charge < -0.3 is 4.90 Å². The Balaban J connectivity index is 1.48. The van der Waals surface area contributed by atoms with Gasteiger partial charge in [-0.1, -0.05) is 123 Å². The molecule has 1 nitrogen and oxygen atoms in total. The fraction of sp³-hybridized carbons (Fsp3) is 0.949. The van der Waals surface area contributed by atoms with Crippen LogP contribution in [0.2, 0.25) is 0 Å². The third kappa shape index (κ3) is 8.86. The van der Waals surface area contributed by atoms with Crippen LogP contribution in [0.1, 0.15) is 156 Å². The first-order valence-electron chi connectivity index (χ1n) is 18.7. The molecule has 0 aromatic carbocycles. The van der Waals surface area contributed by atoms with Crippen LogP contribution >= 0.6 is 0 Å². The van der Waals surface area contributed by atoms with Crippen molar-refractivity contribution >= 4 is 0 Å². The molecule has 0 bridgehead atoms. The minimum absolute atomic E-state index is 0.747. The highest BCUT2D eigenvalue weighted by atomic mass is 15.1. The maximum Gasteiger partial charge on any atom is 0.00919 e. The van der Waals surface area contributed by atoms with E-state index in [1.807, 2.05) is 0 Å². The molecule has 0 radical (unpaired) electrons. The Morgan fingerprint density at radius 2 is 1.40 bits per heavy atom. The van der Waals surface area contributed by atoms with E-state index in [4.69, 9.17) is 0 Å². The molecule has 0 N–H and O–H groups in total. The maximum atomic E-state index is 2.77. The predicted octanol–water partition coefficient (Wildman–Crippen LogP) is 11.6. The third-order valence-electron chi connectivity index (χ3n) is 13.0. The Bertz CT molecular complexity index is 716. The van der Waals surface area contributed by atoms with Crippen LogP contribution in [0, 0.1) is 59.2 Å². The zero-order valence-corrected chi connectivity index (χ0v) is 28.1. The molecular weight excluding hydrogens is 482 g/mol. The summed E-state index contributed by atoms with van der Waals surface area (Å²) in [6, 6.07) is 0.747. The highest BCUT2D eigenvalue weighted by molar-refractivity contribution is 5.07. The van der Waals surface area contributed by atoms with Crippen LogP contribution in [0.5, 0.6) is 0 Å². The zero-order chi connectivity index (χ0) is 28.5. The topological polar surface area (TPSA) is 3.24 Å². The van der Waals surface area contributed by atoms with Crippen molar-refractivity contribution in [1.29, 1.82) is 0 Å². The van der Waals surface area contributed by atoms with Crippen molar-refractivity contribution in [2.45, 2.75) is 162 Å². The van der Waals surface area contributed by atoms with Gasteiger partial charge in [0, 0.05) is 6.04 Å². The molecule has 0 amide bonds. The fourth-order valence-electron chi connectivity index (χ4n) is 10.3. The summed E-state index contributed by atoms with van der Waals surface area (Å²) in [5.74, 6) is 9.66. The van der Waals surface area contributed by atoms with Gasteiger partial charge in [0.15, 0.2) is 0 Å². The molecule has 0 saturated heterocycles. The highest BCUT2D eigenvalue weighted by Gasteiger charge is 2.48. The summed E-state index contributed by atoms with van der Waals surface area (Å²) in [7, 11) is 4.67. The molecule has 0 heterocycles. The van der Waals surface area contributed by atoms with Gasteiger partial charge in [-0.3, -0.25) is 0 Å². The monoisotopic (exact) mass is 554 g/mol. The lowest BCUT2D eigenvalue weighted by Crippen LogP contribution is -2.50. The van der Waals surface area contributed by atoms with Crippen LogP contribution in [0.4, 0.5) is 0 Å². The van der Waals surface area contributed by atoms with Gasteiger partial charge in [0.25, 0.3) is 0 Å². The van der Waals surface area contributed by atoms with Gasteiger partial charge >= 0.3 is 0 Å². The normalized spacial score (nSPS) is 34.9. The van der Waals surface area contributed by atoms with Crippen LogP contribution in [0.3, 0.4) is 0 Å². The Labute approximate surface area is 252 Å². The van der Waals surface area contributed by atoms with Crippen molar-refractivity contribution in [2.75, 3.05) is 14.1 Å². The average Bonchev–Trinajstić information content (AvgIpc) is 3.41. The van der Waals surface area contributed by atoms with E-state index in [-0.39, 0.29) is 0 Å². The number of allylic oxidation sites excluding steroid dienone is 2. The first-order chi connectivity index (χ1) is 19.4. The van der Waals surface area contributed by atoms with Gasteiger partial charge in [-0.25, -0.2) is 0 Å². The summed E-state index contributed by atoms with van der Waals surface area (Å²) in [5.41, 5.74) is 0. The highest BCUT2D eigenvalue weighted by Crippen LogP contribution is 2.56. The molecule has 40 heavy (non-hydrogen) atoms. The Hall–Kier alpha value is -0.300. The molecule has 0 aromatic rings. The van der Waals surface area contributed by atoms with Crippen LogP contribution < -0.4 is 0 Å². The molecule has 3 saturated carbocycles. The molecule has 1 heteroatoms. The number of hydrogen-bond donors (Lipinski definition) is 0. The van der Waals surface area contributed by atoms with Crippen LogP contribution in [-0.2, 0) is 0 Å². The van der Waals surface area contributed by atoms with Gasteiger partial charge in [-0.15, -0.1) is 0 Å². The minimum Gasteiger partial charge on any atom is -0.306 e. The standard InChI is InChI=1S/C39H71N/c1-7-8-9-10-12-20-32(21-15-17-29(2)3)36-22-16-23-37(36)34-25-24-33(31-18-13-11-14-19-31)26-35-28-38(39(35)27-34)30(4)40(5)6/h16,23,29-39H,7-15,17-22,24-28H2,1-6H3. The minimum atomic E-state index is 0.747. The number of hydrogen-bond acceptors (Lipinski definition) is 1. The first kappa shape index (κ1) is 32.6. The molecule has 4 aliphatic carbocycles. The summed E-state index contributed by atoms with van der Waals surface area (Å²) < 4.78 is 0. The van der Waals surface area contributed by atoms with Crippen molar-refractivity contribution in [2.24, 2.45) is 59.2 Å². The van der Waals surface area contributed by atoms with Crippen molar-refractivity contribution in [3.63, 3.8) is 0 Å². The van der Waals surface area contributed by atoms with Crippen molar-refractivity contribution in [3.05, 3.63) is 12.2 Å². The van der Waals surface area contributed by atoms with Gasteiger partial charge in [0.1, 0.15) is 0 Å². The van der Waals surface area contributed by atoms with Crippen molar-refractivity contribution < 1.29 is 0 Å². The Kier molecular flexibility index (Phi) is 13.5. The van der Waals surface area contributed by atoms with Gasteiger partial charge in [0.2, 0.25) is 0 Å². The summed E-state index contributed by atoms with van der Waals surface area (Å²) in [4.78, 5) is 2.54. The zero-order valence-electron chi connectivity index (χ0n) is 28.1. The molecule has 9 atom stereocenters. The summed E-state index contributed by atoms with van der Waals surface area (Å²) in [6.07, 6.45) is 35.3. The van der Waals surface area contributed by atoms with E-state index in [9.17, 15) is 0 Å². The van der Waals surface area contributed by atoms with Crippen LogP contribution in [-0.4, -0.2) is 25.0 Å². The van der Waals surface area contributed by atoms with Crippen molar-refractivity contribution in [3.8, 4) is 0 Å². The van der Waals surface area contributed by atoms with E-state index < -0.39 is 0 Å². The summed E-state index contributed by atoms with van der Waals surface area (Å²) >= 11 is 0.